The number of hydrogen-bond donors (Lipinski definition) is 1. The van der Waals surface area contributed by atoms with Crippen molar-refractivity contribution in [1.82, 2.24) is 9.21 Å². The molecule has 1 N–H and O–H groups in total. The minimum absolute atomic E-state index is 0.334. The van der Waals surface area contributed by atoms with Crippen LogP contribution in [0.25, 0.3) is 0 Å². The average molecular weight is 444 g/mol. The third kappa shape index (κ3) is 7.26. The summed E-state index contributed by atoms with van der Waals surface area (Å²) in [6.45, 7) is 4.19. The van der Waals surface area contributed by atoms with Gasteiger partial charge in [0.05, 0.1) is 38.9 Å². The second-order valence-electron chi connectivity index (χ2n) is 6.77. The van der Waals surface area contributed by atoms with Crippen LogP contribution >= 0.6 is 0 Å². The molecule has 1 aromatic rings. The lowest BCUT2D eigenvalue weighted by Crippen LogP contribution is -2.58. The van der Waals surface area contributed by atoms with E-state index in [1.807, 2.05) is 12.1 Å². The van der Waals surface area contributed by atoms with Gasteiger partial charge in [0.1, 0.15) is 11.4 Å². The zero-order valence-electron chi connectivity index (χ0n) is 15.7. The van der Waals surface area contributed by atoms with Crippen molar-refractivity contribution in [1.29, 1.82) is 0 Å². The van der Waals surface area contributed by atoms with Crippen molar-refractivity contribution in [3.63, 3.8) is 0 Å². The number of hydrogen-bond acceptors (Lipinski definition) is 7. The maximum atomic E-state index is 11.9. The Morgan fingerprint density at radius 3 is 2.52 bits per heavy atom. The molecule has 1 spiro atoms. The van der Waals surface area contributed by atoms with Gasteiger partial charge in [-0.3, -0.25) is 4.90 Å². The van der Waals surface area contributed by atoms with Crippen LogP contribution in [0.4, 0.5) is 13.2 Å². The molecule has 0 aromatic carbocycles. The molecule has 1 aromatic heterocycles. The van der Waals surface area contributed by atoms with Crippen molar-refractivity contribution in [2.24, 2.45) is 0 Å². The molecule has 3 heterocycles. The lowest BCUT2D eigenvalue weighted by atomic mass is 10.0. The fourth-order valence-electron chi connectivity index (χ4n) is 3.02. The summed E-state index contributed by atoms with van der Waals surface area (Å²) in [7, 11) is -3.26. The minimum Gasteiger partial charge on any atom is -0.475 e. The van der Waals surface area contributed by atoms with Gasteiger partial charge in [-0.1, -0.05) is 0 Å². The van der Waals surface area contributed by atoms with E-state index in [9.17, 15) is 21.6 Å². The van der Waals surface area contributed by atoms with Crippen LogP contribution in [0.5, 0.6) is 0 Å². The molecular weight excluding hydrogens is 421 g/mol. The number of carboxylic acids is 1. The molecule has 0 amide bonds. The van der Waals surface area contributed by atoms with E-state index in [2.05, 4.69) is 4.90 Å². The lowest BCUT2D eigenvalue weighted by molar-refractivity contribution is -0.192. The first-order valence-corrected chi connectivity index (χ1v) is 10.5. The van der Waals surface area contributed by atoms with Crippen LogP contribution in [0.1, 0.15) is 5.76 Å². The van der Waals surface area contributed by atoms with Gasteiger partial charge in [0.15, 0.2) is 0 Å². The predicted molar refractivity (Wildman–Crippen MR) is 93.6 cm³/mol. The normalized spacial score (nSPS) is 24.6. The monoisotopic (exact) mass is 444 g/mol. The van der Waals surface area contributed by atoms with E-state index < -0.39 is 27.8 Å². The Labute approximate surface area is 166 Å². The highest BCUT2D eigenvalue weighted by molar-refractivity contribution is 7.88. The molecule has 166 valence electrons. The van der Waals surface area contributed by atoms with E-state index in [-0.39, 0.29) is 0 Å². The van der Waals surface area contributed by atoms with Gasteiger partial charge in [0.25, 0.3) is 0 Å². The molecule has 2 fully saturated rings. The molecule has 0 radical (unpaired) electrons. The SMILES string of the molecule is CS(=O)(=O)N1CCOCC2(CN(Cc3ccco3)CCO2)C1.O=C(O)C(F)(F)F. The van der Waals surface area contributed by atoms with Crippen molar-refractivity contribution in [2.45, 2.75) is 18.3 Å². The number of halogens is 3. The van der Waals surface area contributed by atoms with Gasteiger partial charge >= 0.3 is 12.1 Å². The van der Waals surface area contributed by atoms with Gasteiger partial charge in [-0.15, -0.1) is 0 Å². The van der Waals surface area contributed by atoms with Crippen LogP contribution in [0.15, 0.2) is 22.8 Å². The Morgan fingerprint density at radius 2 is 1.97 bits per heavy atom. The molecule has 29 heavy (non-hydrogen) atoms. The Balaban J connectivity index is 0.000000370. The fraction of sp³-hybridized carbons (Fsp3) is 0.688. The van der Waals surface area contributed by atoms with Gasteiger partial charge in [0, 0.05) is 26.2 Å². The van der Waals surface area contributed by atoms with Gasteiger partial charge in [-0.05, 0) is 12.1 Å². The number of carboxylic acid groups (broad SMARTS) is 1. The van der Waals surface area contributed by atoms with Crippen molar-refractivity contribution in [3.05, 3.63) is 24.2 Å². The number of sulfonamides is 1. The number of alkyl halides is 3. The Hall–Kier alpha value is -1.67. The minimum atomic E-state index is -5.08. The molecule has 2 saturated heterocycles. The third-order valence-electron chi connectivity index (χ3n) is 4.31. The largest absolute Gasteiger partial charge is 0.490 e. The molecule has 1 atom stereocenters. The average Bonchev–Trinajstić information content (AvgIpc) is 3.01. The van der Waals surface area contributed by atoms with Gasteiger partial charge in [0.2, 0.25) is 10.0 Å². The van der Waals surface area contributed by atoms with Gasteiger partial charge < -0.3 is 19.0 Å². The highest BCUT2D eigenvalue weighted by atomic mass is 32.2. The molecule has 2 aliphatic heterocycles. The van der Waals surface area contributed by atoms with Crippen LogP contribution in [0.2, 0.25) is 0 Å². The molecule has 0 bridgehead atoms. The van der Waals surface area contributed by atoms with E-state index in [1.165, 1.54) is 10.6 Å². The number of morpholine rings is 1. The zero-order chi connectivity index (χ0) is 21.7. The Morgan fingerprint density at radius 1 is 1.28 bits per heavy atom. The molecule has 9 nitrogen and oxygen atoms in total. The molecule has 13 heteroatoms. The Kier molecular flexibility index (Phi) is 7.67. The first kappa shape index (κ1) is 23.6. The van der Waals surface area contributed by atoms with Crippen LogP contribution < -0.4 is 0 Å². The number of ether oxygens (including phenoxy) is 2. The highest BCUT2D eigenvalue weighted by Gasteiger charge is 2.42. The van der Waals surface area contributed by atoms with Gasteiger partial charge in [-0.25, -0.2) is 13.2 Å². The first-order chi connectivity index (χ1) is 13.4. The maximum absolute atomic E-state index is 11.9. The number of nitrogens with zero attached hydrogens (tertiary/aromatic N) is 2. The summed E-state index contributed by atoms with van der Waals surface area (Å²) in [5, 5.41) is 7.12. The molecule has 1 unspecified atom stereocenters. The standard InChI is InChI=1S/C14H22N2O5S.C2HF3O2/c1-22(17,18)16-5-7-19-12-14(11-16)10-15(4-8-21-14)9-13-3-2-6-20-13;3-2(4,5)1(6)7/h2-3,6H,4-5,7-12H2,1H3;(H,6,7). The number of furan rings is 1. The second-order valence-corrected chi connectivity index (χ2v) is 8.76. The van der Waals surface area contributed by atoms with E-state index in [0.717, 1.165) is 12.3 Å². The molecular formula is C16H23F3N2O7S. The van der Waals surface area contributed by atoms with E-state index in [1.54, 1.807) is 6.26 Å². The van der Waals surface area contributed by atoms with Crippen molar-refractivity contribution in [3.8, 4) is 0 Å². The summed E-state index contributed by atoms with van der Waals surface area (Å²) in [6.07, 6.45) is -2.19. The second kappa shape index (κ2) is 9.43. The van der Waals surface area contributed by atoms with Crippen LogP contribution in [-0.4, -0.2) is 92.7 Å². The van der Waals surface area contributed by atoms with Crippen molar-refractivity contribution >= 4 is 16.0 Å². The van der Waals surface area contributed by atoms with Gasteiger partial charge in [-0.2, -0.15) is 17.5 Å². The Bertz CT molecular complexity index is 770. The lowest BCUT2D eigenvalue weighted by Gasteiger charge is -2.42. The molecule has 0 aliphatic carbocycles. The van der Waals surface area contributed by atoms with E-state index >= 15 is 0 Å². The summed E-state index contributed by atoms with van der Waals surface area (Å²) >= 11 is 0. The quantitative estimate of drug-likeness (QED) is 0.729. The van der Waals surface area contributed by atoms with Crippen LogP contribution in [0.3, 0.4) is 0 Å². The number of rotatable bonds is 3. The highest BCUT2D eigenvalue weighted by Crippen LogP contribution is 2.25. The van der Waals surface area contributed by atoms with Crippen molar-refractivity contribution in [2.75, 3.05) is 52.3 Å². The molecule has 3 rings (SSSR count). The third-order valence-corrected chi connectivity index (χ3v) is 5.56. The zero-order valence-corrected chi connectivity index (χ0v) is 16.5. The summed E-state index contributed by atoms with van der Waals surface area (Å²) in [4.78, 5) is 11.1. The first-order valence-electron chi connectivity index (χ1n) is 8.63. The topological polar surface area (TPSA) is 110 Å². The molecule has 2 aliphatic rings. The molecule has 0 saturated carbocycles. The summed E-state index contributed by atoms with van der Waals surface area (Å²) in [6, 6.07) is 3.81. The van der Waals surface area contributed by atoms with Crippen molar-refractivity contribution < 1.29 is 45.4 Å². The summed E-state index contributed by atoms with van der Waals surface area (Å²) < 4.78 is 73.9. The summed E-state index contributed by atoms with van der Waals surface area (Å²) in [5.74, 6) is -1.86. The van der Waals surface area contributed by atoms with E-state index in [0.29, 0.717) is 46.0 Å². The van der Waals surface area contributed by atoms with Crippen LogP contribution in [-0.2, 0) is 30.8 Å². The van der Waals surface area contributed by atoms with E-state index in [4.69, 9.17) is 23.8 Å². The van der Waals surface area contributed by atoms with Crippen LogP contribution in [0, 0.1) is 0 Å². The smallest absolute Gasteiger partial charge is 0.475 e. The number of aliphatic carboxylic acids is 1. The maximum Gasteiger partial charge on any atom is 0.490 e. The fourth-order valence-corrected chi connectivity index (χ4v) is 3.89. The summed E-state index contributed by atoms with van der Waals surface area (Å²) in [5.41, 5.74) is -0.607. The predicted octanol–water partition coefficient (Wildman–Crippen LogP) is 0.776. The number of carbonyl (C=O) groups is 1.